The van der Waals surface area contributed by atoms with Gasteiger partial charge < -0.3 is 14.2 Å². The third-order valence-electron chi connectivity index (χ3n) is 4.67. The van der Waals surface area contributed by atoms with Crippen molar-refractivity contribution in [1.29, 1.82) is 5.26 Å². The van der Waals surface area contributed by atoms with Gasteiger partial charge in [-0.15, -0.1) is 0 Å². The van der Waals surface area contributed by atoms with E-state index in [1.54, 1.807) is 24.3 Å². The molecule has 0 aliphatic carbocycles. The standard InChI is InChI=1S/C23H20N4O7S2/c1-4-36(30,31)23-26-22(35-27-23)25-20(28)16(13-24)11-14-5-8-17(9-6-14)34-21(29)15-7-10-18(32-2)19(12-15)33-3/h5-12H,4H2,1-3H3,(H,25,26,27,28). The number of amides is 1. The number of nitrogens with one attached hydrogen (secondary N) is 1. The first-order valence-electron chi connectivity index (χ1n) is 10.2. The number of carbonyl (C=O) groups is 2. The van der Waals surface area contributed by atoms with Gasteiger partial charge in [0.1, 0.15) is 17.4 Å². The molecule has 0 unspecified atom stereocenters. The SMILES string of the molecule is CCS(=O)(=O)c1nsc(NC(=O)C(C#N)=Cc2ccc(OC(=O)c3ccc(OC)c(OC)c3)cc2)n1. The molecule has 0 radical (unpaired) electrons. The van der Waals surface area contributed by atoms with Crippen LogP contribution >= 0.6 is 11.5 Å². The summed E-state index contributed by atoms with van der Waals surface area (Å²) in [5.41, 5.74) is 0.492. The second-order valence-corrected chi connectivity index (χ2v) is 9.86. The predicted octanol–water partition coefficient (Wildman–Crippen LogP) is 3.11. The fourth-order valence-corrected chi connectivity index (χ4v) is 4.34. The molecule has 0 spiro atoms. The Morgan fingerprint density at radius 1 is 1.11 bits per heavy atom. The van der Waals surface area contributed by atoms with E-state index in [-0.39, 0.29) is 32.9 Å². The van der Waals surface area contributed by atoms with Gasteiger partial charge in [0.25, 0.3) is 11.1 Å². The summed E-state index contributed by atoms with van der Waals surface area (Å²) in [7, 11) is -0.675. The summed E-state index contributed by atoms with van der Waals surface area (Å²) in [4.78, 5) is 28.7. The molecule has 3 aromatic rings. The number of hydrogen-bond acceptors (Lipinski definition) is 11. The number of esters is 1. The van der Waals surface area contributed by atoms with Crippen molar-refractivity contribution in [3.05, 3.63) is 59.2 Å². The summed E-state index contributed by atoms with van der Waals surface area (Å²) in [6.07, 6.45) is 1.32. The quantitative estimate of drug-likeness (QED) is 0.189. The summed E-state index contributed by atoms with van der Waals surface area (Å²) < 4.78 is 43.1. The Labute approximate surface area is 211 Å². The van der Waals surface area contributed by atoms with E-state index < -0.39 is 21.7 Å². The van der Waals surface area contributed by atoms with Crippen molar-refractivity contribution in [2.45, 2.75) is 12.1 Å². The summed E-state index contributed by atoms with van der Waals surface area (Å²) in [5, 5.41) is 11.3. The number of methoxy groups -OCH3 is 2. The lowest BCUT2D eigenvalue weighted by atomic mass is 10.1. The zero-order valence-electron chi connectivity index (χ0n) is 19.3. The summed E-state index contributed by atoms with van der Waals surface area (Å²) >= 11 is 0.692. The molecule has 1 N–H and O–H groups in total. The van der Waals surface area contributed by atoms with E-state index in [0.29, 0.717) is 28.6 Å². The first kappa shape index (κ1) is 26.3. The lowest BCUT2D eigenvalue weighted by molar-refractivity contribution is -0.112. The minimum absolute atomic E-state index is 0.0504. The third kappa shape index (κ3) is 6.23. The molecular formula is C23H20N4O7S2. The number of nitrogens with zero attached hydrogens (tertiary/aromatic N) is 3. The van der Waals surface area contributed by atoms with Crippen LogP contribution in [0.4, 0.5) is 5.13 Å². The van der Waals surface area contributed by atoms with Crippen molar-refractivity contribution in [1.82, 2.24) is 9.36 Å². The van der Waals surface area contributed by atoms with E-state index in [4.69, 9.17) is 14.2 Å². The molecule has 0 fully saturated rings. The zero-order chi connectivity index (χ0) is 26.3. The van der Waals surface area contributed by atoms with Crippen LogP contribution in [0, 0.1) is 11.3 Å². The van der Waals surface area contributed by atoms with Crippen LogP contribution in [-0.2, 0) is 14.6 Å². The maximum absolute atomic E-state index is 12.5. The van der Waals surface area contributed by atoms with Crippen LogP contribution in [0.5, 0.6) is 17.2 Å². The lowest BCUT2D eigenvalue weighted by Crippen LogP contribution is -2.13. The van der Waals surface area contributed by atoms with Crippen molar-refractivity contribution >= 4 is 44.5 Å². The van der Waals surface area contributed by atoms with Crippen LogP contribution in [0.3, 0.4) is 0 Å². The van der Waals surface area contributed by atoms with Crippen LogP contribution < -0.4 is 19.5 Å². The van der Waals surface area contributed by atoms with Crippen LogP contribution in [0.1, 0.15) is 22.8 Å². The Kier molecular flexibility index (Phi) is 8.36. The van der Waals surface area contributed by atoms with Crippen molar-refractivity contribution in [2.24, 2.45) is 0 Å². The molecule has 2 aromatic carbocycles. The topological polar surface area (TPSA) is 158 Å². The highest BCUT2D eigenvalue weighted by atomic mass is 32.2. The normalized spacial score (nSPS) is 11.3. The maximum Gasteiger partial charge on any atom is 0.343 e. The van der Waals surface area contributed by atoms with Crippen LogP contribution in [0.15, 0.2) is 53.2 Å². The molecule has 0 atom stereocenters. The fraction of sp³-hybridized carbons (Fsp3) is 0.174. The second kappa shape index (κ2) is 11.4. The number of nitriles is 1. The molecule has 0 aliphatic heterocycles. The van der Waals surface area contributed by atoms with Gasteiger partial charge in [0.15, 0.2) is 11.5 Å². The molecule has 0 saturated carbocycles. The van der Waals surface area contributed by atoms with Crippen molar-refractivity contribution < 1.29 is 32.2 Å². The third-order valence-corrected chi connectivity index (χ3v) is 6.92. The molecule has 1 aromatic heterocycles. The first-order valence-corrected chi connectivity index (χ1v) is 12.7. The summed E-state index contributed by atoms with van der Waals surface area (Å²) in [5.74, 6) is -0.476. The monoisotopic (exact) mass is 528 g/mol. The highest BCUT2D eigenvalue weighted by molar-refractivity contribution is 7.91. The van der Waals surface area contributed by atoms with Gasteiger partial charge in [0.05, 0.1) is 25.5 Å². The van der Waals surface area contributed by atoms with Gasteiger partial charge in [-0.1, -0.05) is 19.1 Å². The summed E-state index contributed by atoms with van der Waals surface area (Å²) in [6, 6.07) is 12.5. The van der Waals surface area contributed by atoms with Gasteiger partial charge in [0.2, 0.25) is 15.0 Å². The van der Waals surface area contributed by atoms with E-state index in [2.05, 4.69) is 14.7 Å². The minimum atomic E-state index is -3.62. The molecule has 0 saturated heterocycles. The smallest absolute Gasteiger partial charge is 0.343 e. The van der Waals surface area contributed by atoms with Crippen molar-refractivity contribution in [2.75, 3.05) is 25.3 Å². The number of sulfone groups is 1. The number of anilines is 1. The number of carbonyl (C=O) groups excluding carboxylic acids is 2. The molecule has 1 heterocycles. The fourth-order valence-electron chi connectivity index (χ4n) is 2.76. The number of rotatable bonds is 9. The van der Waals surface area contributed by atoms with Crippen molar-refractivity contribution in [3.63, 3.8) is 0 Å². The lowest BCUT2D eigenvalue weighted by Gasteiger charge is -2.09. The maximum atomic E-state index is 12.5. The molecule has 0 bridgehead atoms. The first-order chi connectivity index (χ1) is 17.2. The largest absolute Gasteiger partial charge is 0.493 e. The Bertz CT molecular complexity index is 1460. The van der Waals surface area contributed by atoms with Crippen LogP contribution in [-0.4, -0.2) is 49.6 Å². The molecule has 36 heavy (non-hydrogen) atoms. The highest BCUT2D eigenvalue weighted by Crippen LogP contribution is 2.28. The highest BCUT2D eigenvalue weighted by Gasteiger charge is 2.20. The van der Waals surface area contributed by atoms with Crippen LogP contribution in [0.25, 0.3) is 6.08 Å². The average molecular weight is 529 g/mol. The molecule has 11 nitrogen and oxygen atoms in total. The van der Waals surface area contributed by atoms with Gasteiger partial charge in [-0.3, -0.25) is 10.1 Å². The van der Waals surface area contributed by atoms with Gasteiger partial charge in [-0.05, 0) is 42.0 Å². The molecule has 186 valence electrons. The molecule has 0 aliphatic rings. The van der Waals surface area contributed by atoms with Gasteiger partial charge in [-0.25, -0.2) is 13.2 Å². The van der Waals surface area contributed by atoms with Gasteiger partial charge >= 0.3 is 5.97 Å². The second-order valence-electron chi connectivity index (χ2n) is 6.94. The Hall–Kier alpha value is -4.28. The Balaban J connectivity index is 1.69. The van der Waals surface area contributed by atoms with Crippen molar-refractivity contribution in [3.8, 4) is 23.3 Å². The van der Waals surface area contributed by atoms with Gasteiger partial charge in [-0.2, -0.15) is 14.6 Å². The number of aromatic nitrogens is 2. The van der Waals surface area contributed by atoms with Gasteiger partial charge in [0, 0.05) is 11.5 Å². The summed E-state index contributed by atoms with van der Waals surface area (Å²) in [6.45, 7) is 1.45. The predicted molar refractivity (Wildman–Crippen MR) is 131 cm³/mol. The minimum Gasteiger partial charge on any atom is -0.493 e. The number of hydrogen-bond donors (Lipinski definition) is 1. The van der Waals surface area contributed by atoms with E-state index in [0.717, 1.165) is 0 Å². The van der Waals surface area contributed by atoms with E-state index in [9.17, 15) is 23.3 Å². The Morgan fingerprint density at radius 2 is 1.81 bits per heavy atom. The van der Waals surface area contributed by atoms with E-state index in [1.165, 1.54) is 51.5 Å². The molecular weight excluding hydrogens is 508 g/mol. The average Bonchev–Trinajstić information content (AvgIpc) is 3.37. The Morgan fingerprint density at radius 3 is 2.42 bits per heavy atom. The van der Waals surface area contributed by atoms with Crippen LogP contribution in [0.2, 0.25) is 0 Å². The molecule has 1 amide bonds. The van der Waals surface area contributed by atoms with E-state index >= 15 is 0 Å². The zero-order valence-corrected chi connectivity index (χ0v) is 21.0. The number of benzene rings is 2. The van der Waals surface area contributed by atoms with E-state index in [1.807, 2.05) is 0 Å². The number of ether oxygens (including phenoxy) is 3. The molecule has 3 rings (SSSR count). The molecule has 13 heteroatoms.